The number of anilines is 1. The zero-order valence-electron chi connectivity index (χ0n) is 16.3. The molecule has 0 aromatic heterocycles. The van der Waals surface area contributed by atoms with E-state index < -0.39 is 22.1 Å². The van der Waals surface area contributed by atoms with Crippen LogP contribution in [-0.2, 0) is 16.6 Å². The fourth-order valence-electron chi connectivity index (χ4n) is 2.98. The maximum absolute atomic E-state index is 12.5. The Balaban J connectivity index is 0.00000341. The molecule has 1 aliphatic rings. The van der Waals surface area contributed by atoms with Gasteiger partial charge in [-0.1, -0.05) is 24.3 Å². The number of ether oxygens (including phenoxy) is 1. The van der Waals surface area contributed by atoms with Crippen molar-refractivity contribution >= 4 is 45.6 Å². The first kappa shape index (κ1) is 25.2. The van der Waals surface area contributed by atoms with Crippen LogP contribution in [0.5, 0.6) is 5.75 Å². The number of guanidine groups is 1. The van der Waals surface area contributed by atoms with Crippen molar-refractivity contribution in [2.24, 2.45) is 10.7 Å². The number of hydrogen-bond donors (Lipinski definition) is 2. The average Bonchev–Trinajstić information content (AvgIpc) is 3.23. The van der Waals surface area contributed by atoms with E-state index in [1.165, 1.54) is 34.6 Å². The van der Waals surface area contributed by atoms with Gasteiger partial charge in [-0.25, -0.2) is 13.4 Å². The van der Waals surface area contributed by atoms with Crippen molar-refractivity contribution in [3.8, 4) is 5.75 Å². The number of halogens is 4. The van der Waals surface area contributed by atoms with E-state index in [9.17, 15) is 21.6 Å². The lowest BCUT2D eigenvalue weighted by molar-refractivity contribution is -0.274. The molecule has 0 unspecified atom stereocenters. The third-order valence-corrected chi connectivity index (χ3v) is 6.35. The predicted molar refractivity (Wildman–Crippen MR) is 122 cm³/mol. The molecule has 1 aliphatic heterocycles. The van der Waals surface area contributed by atoms with Crippen LogP contribution >= 0.6 is 24.0 Å². The number of hydrogen-bond acceptors (Lipinski definition) is 4. The minimum Gasteiger partial charge on any atom is -0.404 e. The number of para-hydroxylation sites is 2. The Morgan fingerprint density at radius 2 is 1.71 bits per heavy atom. The summed E-state index contributed by atoms with van der Waals surface area (Å²) in [6, 6.07) is 11.7. The van der Waals surface area contributed by atoms with Gasteiger partial charge in [0.1, 0.15) is 0 Å². The number of nitrogens with zero attached hydrogens (tertiary/aromatic N) is 2. The number of alkyl halides is 3. The maximum Gasteiger partial charge on any atom is 0.573 e. The number of aliphatic imine (C=N–C) groups is 1. The van der Waals surface area contributed by atoms with Crippen LogP contribution in [0.4, 0.5) is 18.9 Å². The van der Waals surface area contributed by atoms with Gasteiger partial charge < -0.3 is 15.8 Å². The van der Waals surface area contributed by atoms with Gasteiger partial charge in [0.05, 0.1) is 17.1 Å². The standard InChI is InChI=1S/C19H21F3N4O3S.HI/c20-19(21,22)29-17-6-2-1-5-16(17)25-18(23)24-13-14-7-9-15(10-8-14)30(27,28)26-11-3-4-12-26;/h1-2,5-10H,3-4,11-13H2,(H3,23,24,25);1H. The number of nitrogens with one attached hydrogen (secondary N) is 1. The van der Waals surface area contributed by atoms with Crippen molar-refractivity contribution in [1.82, 2.24) is 4.31 Å². The van der Waals surface area contributed by atoms with Crippen molar-refractivity contribution in [1.29, 1.82) is 0 Å². The molecule has 3 rings (SSSR count). The monoisotopic (exact) mass is 570 g/mol. The van der Waals surface area contributed by atoms with Crippen LogP contribution in [0.3, 0.4) is 0 Å². The third kappa shape index (κ3) is 6.97. The van der Waals surface area contributed by atoms with E-state index in [-0.39, 0.29) is 47.1 Å². The predicted octanol–water partition coefficient (Wildman–Crippen LogP) is 3.91. The summed E-state index contributed by atoms with van der Waals surface area (Å²) in [5.74, 6) is -0.540. The summed E-state index contributed by atoms with van der Waals surface area (Å²) in [7, 11) is -3.49. The number of nitrogens with two attached hydrogens (primary N) is 1. The Labute approximate surface area is 195 Å². The number of rotatable bonds is 6. The second kappa shape index (κ2) is 10.5. The van der Waals surface area contributed by atoms with Gasteiger partial charge in [0.25, 0.3) is 0 Å². The third-order valence-electron chi connectivity index (χ3n) is 4.43. The molecule has 1 fully saturated rings. The average molecular weight is 570 g/mol. The van der Waals surface area contributed by atoms with E-state index in [1.54, 1.807) is 12.1 Å². The van der Waals surface area contributed by atoms with Gasteiger partial charge in [-0.3, -0.25) is 0 Å². The molecule has 0 saturated carbocycles. The summed E-state index contributed by atoms with van der Waals surface area (Å²) in [5, 5.41) is 2.58. The van der Waals surface area contributed by atoms with E-state index in [2.05, 4.69) is 15.0 Å². The zero-order valence-corrected chi connectivity index (χ0v) is 19.4. The van der Waals surface area contributed by atoms with Gasteiger partial charge in [0.2, 0.25) is 10.0 Å². The smallest absolute Gasteiger partial charge is 0.404 e. The second-order valence-corrected chi connectivity index (χ2v) is 8.56. The first-order valence-electron chi connectivity index (χ1n) is 9.16. The lowest BCUT2D eigenvalue weighted by Gasteiger charge is -2.15. The minimum absolute atomic E-state index is 0. The van der Waals surface area contributed by atoms with Crippen LogP contribution < -0.4 is 15.8 Å². The minimum atomic E-state index is -4.83. The molecule has 0 aliphatic carbocycles. The fourth-order valence-corrected chi connectivity index (χ4v) is 4.50. The van der Waals surface area contributed by atoms with Crippen LogP contribution in [0, 0.1) is 0 Å². The summed E-state index contributed by atoms with van der Waals surface area (Å²) >= 11 is 0. The highest BCUT2D eigenvalue weighted by atomic mass is 127. The molecule has 1 saturated heterocycles. The molecule has 2 aromatic carbocycles. The van der Waals surface area contributed by atoms with Gasteiger partial charge in [-0.05, 0) is 42.7 Å². The number of benzene rings is 2. The summed E-state index contributed by atoms with van der Waals surface area (Å²) in [4.78, 5) is 4.29. The van der Waals surface area contributed by atoms with Crippen molar-refractivity contribution < 1.29 is 26.3 Å². The van der Waals surface area contributed by atoms with Crippen LogP contribution in [-0.4, -0.2) is 38.1 Å². The maximum atomic E-state index is 12.5. The van der Waals surface area contributed by atoms with Gasteiger partial charge in [-0.2, -0.15) is 4.31 Å². The molecule has 170 valence electrons. The molecule has 0 atom stereocenters. The summed E-state index contributed by atoms with van der Waals surface area (Å²) in [5.41, 5.74) is 6.48. The highest BCUT2D eigenvalue weighted by Crippen LogP contribution is 2.29. The Kier molecular flexibility index (Phi) is 8.54. The molecule has 0 amide bonds. The first-order valence-corrected chi connectivity index (χ1v) is 10.6. The first-order chi connectivity index (χ1) is 14.1. The van der Waals surface area contributed by atoms with Gasteiger partial charge in [0.15, 0.2) is 11.7 Å². The summed E-state index contributed by atoms with van der Waals surface area (Å²) < 4.78 is 67.9. The summed E-state index contributed by atoms with van der Waals surface area (Å²) in [6.07, 6.45) is -3.12. The van der Waals surface area contributed by atoms with Crippen LogP contribution in [0.15, 0.2) is 58.4 Å². The Bertz CT molecular complexity index is 1010. The van der Waals surface area contributed by atoms with Crippen molar-refractivity contribution in [2.75, 3.05) is 18.4 Å². The molecule has 0 bridgehead atoms. The van der Waals surface area contributed by atoms with Crippen molar-refractivity contribution in [2.45, 2.75) is 30.6 Å². The Hall–Kier alpha value is -2.06. The fraction of sp³-hybridized carbons (Fsp3) is 0.316. The molecular formula is C19H22F3IN4O3S. The molecule has 2 aromatic rings. The van der Waals surface area contributed by atoms with E-state index in [0.717, 1.165) is 18.9 Å². The Morgan fingerprint density at radius 3 is 2.32 bits per heavy atom. The molecule has 0 radical (unpaired) electrons. The molecule has 31 heavy (non-hydrogen) atoms. The SMILES string of the molecule is I.NC(=NCc1ccc(S(=O)(=O)N2CCCC2)cc1)Nc1ccccc1OC(F)(F)F. The second-order valence-electron chi connectivity index (χ2n) is 6.63. The summed E-state index contributed by atoms with van der Waals surface area (Å²) in [6.45, 7) is 1.16. The highest BCUT2D eigenvalue weighted by Gasteiger charge is 2.32. The van der Waals surface area contributed by atoms with E-state index >= 15 is 0 Å². The quantitative estimate of drug-likeness (QED) is 0.312. The largest absolute Gasteiger partial charge is 0.573 e. The highest BCUT2D eigenvalue weighted by molar-refractivity contribution is 14.0. The van der Waals surface area contributed by atoms with Crippen LogP contribution in [0.2, 0.25) is 0 Å². The van der Waals surface area contributed by atoms with Crippen molar-refractivity contribution in [3.63, 3.8) is 0 Å². The zero-order chi connectivity index (χ0) is 21.8. The lowest BCUT2D eigenvalue weighted by atomic mass is 10.2. The van der Waals surface area contributed by atoms with Gasteiger partial charge in [0, 0.05) is 13.1 Å². The number of sulfonamides is 1. The van der Waals surface area contributed by atoms with Crippen molar-refractivity contribution in [3.05, 3.63) is 54.1 Å². The molecule has 7 nitrogen and oxygen atoms in total. The van der Waals surface area contributed by atoms with E-state index in [0.29, 0.717) is 18.7 Å². The molecule has 3 N–H and O–H groups in total. The topological polar surface area (TPSA) is 97.0 Å². The van der Waals surface area contributed by atoms with Crippen LogP contribution in [0.25, 0.3) is 0 Å². The molecule has 0 spiro atoms. The molecule has 12 heteroatoms. The molecular weight excluding hydrogens is 548 g/mol. The van der Waals surface area contributed by atoms with Crippen LogP contribution in [0.1, 0.15) is 18.4 Å². The molecule has 1 heterocycles. The Morgan fingerprint density at radius 1 is 1.10 bits per heavy atom. The van der Waals surface area contributed by atoms with E-state index in [1.807, 2.05) is 0 Å². The normalized spacial score (nSPS) is 15.4. The van der Waals surface area contributed by atoms with Gasteiger partial charge >= 0.3 is 6.36 Å². The van der Waals surface area contributed by atoms with Gasteiger partial charge in [-0.15, -0.1) is 37.1 Å². The van der Waals surface area contributed by atoms with E-state index in [4.69, 9.17) is 5.73 Å². The lowest BCUT2D eigenvalue weighted by Crippen LogP contribution is -2.27.